The van der Waals surface area contributed by atoms with Crippen molar-refractivity contribution in [3.8, 4) is 0 Å². The maximum absolute atomic E-state index is 13.6. The Labute approximate surface area is 140 Å². The molecule has 1 aromatic rings. The molecule has 0 aliphatic carbocycles. The Morgan fingerprint density at radius 2 is 2.04 bits per heavy atom. The molecule has 0 spiro atoms. The molecule has 8 heteroatoms. The molecule has 2 amide bonds. The Kier molecular flexibility index (Phi) is 5.93. The van der Waals surface area contributed by atoms with Crippen LogP contribution in [0.2, 0.25) is 0 Å². The van der Waals surface area contributed by atoms with Gasteiger partial charge in [-0.1, -0.05) is 18.2 Å². The van der Waals surface area contributed by atoms with Crippen molar-refractivity contribution in [3.63, 3.8) is 0 Å². The first-order valence-corrected chi connectivity index (χ1v) is 9.64. The fourth-order valence-corrected chi connectivity index (χ4v) is 4.32. The van der Waals surface area contributed by atoms with E-state index in [1.54, 1.807) is 19.1 Å². The summed E-state index contributed by atoms with van der Waals surface area (Å²) in [5.41, 5.74) is 0.281. The van der Waals surface area contributed by atoms with Gasteiger partial charge < -0.3 is 10.2 Å². The fourth-order valence-electron chi connectivity index (χ4n) is 2.65. The molecule has 1 heterocycles. The number of likely N-dealkylation sites (N-methyl/N-ethyl adjacent to an activating group) is 1. The van der Waals surface area contributed by atoms with Crippen molar-refractivity contribution in [1.82, 2.24) is 10.2 Å². The molecule has 1 saturated heterocycles. The predicted molar refractivity (Wildman–Crippen MR) is 87.6 cm³/mol. The third kappa shape index (κ3) is 5.02. The van der Waals surface area contributed by atoms with E-state index in [2.05, 4.69) is 5.32 Å². The summed E-state index contributed by atoms with van der Waals surface area (Å²) in [4.78, 5) is 25.6. The molecule has 2 rings (SSSR count). The summed E-state index contributed by atoms with van der Waals surface area (Å²) in [5.74, 6) is -1.20. The number of hydrogen-bond acceptors (Lipinski definition) is 4. The highest BCUT2D eigenvalue weighted by Gasteiger charge is 2.29. The van der Waals surface area contributed by atoms with Crippen LogP contribution in [0.4, 0.5) is 4.39 Å². The number of nitrogens with zero attached hydrogens (tertiary/aromatic N) is 1. The zero-order chi connectivity index (χ0) is 17.7. The Hall–Kier alpha value is -1.96. The quantitative estimate of drug-likeness (QED) is 0.805. The molecular weight excluding hydrogens is 335 g/mol. The van der Waals surface area contributed by atoms with E-state index in [0.29, 0.717) is 13.0 Å². The second-order valence-corrected chi connectivity index (χ2v) is 8.07. The first-order valence-electron chi connectivity index (χ1n) is 7.81. The van der Waals surface area contributed by atoms with Gasteiger partial charge in [0.05, 0.1) is 24.5 Å². The number of amides is 2. The van der Waals surface area contributed by atoms with E-state index in [0.717, 1.165) is 0 Å². The molecule has 1 atom stereocenters. The molecule has 1 aliphatic rings. The van der Waals surface area contributed by atoms with Crippen LogP contribution in [-0.4, -0.2) is 55.8 Å². The monoisotopic (exact) mass is 356 g/mol. The third-order valence-corrected chi connectivity index (χ3v) is 5.73. The lowest BCUT2D eigenvalue weighted by Crippen LogP contribution is -2.45. The van der Waals surface area contributed by atoms with Gasteiger partial charge in [0.2, 0.25) is 11.8 Å². The molecule has 1 fully saturated rings. The molecule has 0 unspecified atom stereocenters. The number of nitrogens with one attached hydrogen (secondary N) is 1. The summed E-state index contributed by atoms with van der Waals surface area (Å²) < 4.78 is 36.4. The lowest BCUT2D eigenvalue weighted by molar-refractivity contribution is -0.135. The minimum atomic E-state index is -3.07. The van der Waals surface area contributed by atoms with Crippen LogP contribution < -0.4 is 5.32 Å². The van der Waals surface area contributed by atoms with Gasteiger partial charge in [0.15, 0.2) is 9.84 Å². The van der Waals surface area contributed by atoms with Crippen molar-refractivity contribution in [2.45, 2.75) is 25.8 Å². The van der Waals surface area contributed by atoms with Gasteiger partial charge in [-0.05, 0) is 25.0 Å². The maximum Gasteiger partial charge on any atom is 0.239 e. The van der Waals surface area contributed by atoms with E-state index in [4.69, 9.17) is 0 Å². The van der Waals surface area contributed by atoms with Gasteiger partial charge in [0.1, 0.15) is 5.82 Å². The Morgan fingerprint density at radius 1 is 1.33 bits per heavy atom. The highest BCUT2D eigenvalue weighted by molar-refractivity contribution is 7.91. The van der Waals surface area contributed by atoms with Crippen LogP contribution in [0.5, 0.6) is 0 Å². The van der Waals surface area contributed by atoms with Gasteiger partial charge in [-0.2, -0.15) is 0 Å². The number of hydrogen-bond donors (Lipinski definition) is 1. The van der Waals surface area contributed by atoms with Crippen LogP contribution in [0.1, 0.15) is 18.9 Å². The summed E-state index contributed by atoms with van der Waals surface area (Å²) in [6.45, 7) is 1.87. The van der Waals surface area contributed by atoms with Crippen LogP contribution in [0.25, 0.3) is 0 Å². The number of benzene rings is 1. The minimum absolute atomic E-state index is 0.0615. The summed E-state index contributed by atoms with van der Waals surface area (Å²) >= 11 is 0. The number of sulfone groups is 1. The van der Waals surface area contributed by atoms with Crippen molar-refractivity contribution >= 4 is 21.7 Å². The molecule has 1 aliphatic heterocycles. The largest absolute Gasteiger partial charge is 0.351 e. The van der Waals surface area contributed by atoms with E-state index in [1.165, 1.54) is 17.0 Å². The summed E-state index contributed by atoms with van der Waals surface area (Å²) in [6.07, 6.45) is 0.273. The van der Waals surface area contributed by atoms with E-state index in [9.17, 15) is 22.4 Å². The average molecular weight is 356 g/mol. The second-order valence-electron chi connectivity index (χ2n) is 5.84. The molecule has 0 radical (unpaired) electrons. The second kappa shape index (κ2) is 7.74. The van der Waals surface area contributed by atoms with Crippen molar-refractivity contribution in [3.05, 3.63) is 35.6 Å². The molecule has 24 heavy (non-hydrogen) atoms. The summed E-state index contributed by atoms with van der Waals surface area (Å²) in [5, 5.41) is 2.64. The molecule has 1 aromatic carbocycles. The Morgan fingerprint density at radius 3 is 2.62 bits per heavy atom. The van der Waals surface area contributed by atoms with Gasteiger partial charge in [0, 0.05) is 12.6 Å². The number of rotatable bonds is 6. The predicted octanol–water partition coefficient (Wildman–Crippen LogP) is 0.520. The average Bonchev–Trinajstić information content (AvgIpc) is 2.85. The normalized spacial score (nSPS) is 19.0. The number of carbonyl (C=O) groups excluding carboxylic acids is 2. The third-order valence-electron chi connectivity index (χ3n) is 3.97. The van der Waals surface area contributed by atoms with E-state index in [-0.39, 0.29) is 35.9 Å². The maximum atomic E-state index is 13.6. The smallest absolute Gasteiger partial charge is 0.239 e. The van der Waals surface area contributed by atoms with Gasteiger partial charge in [-0.25, -0.2) is 12.8 Å². The molecule has 0 bridgehead atoms. The lowest BCUT2D eigenvalue weighted by atomic mass is 10.1. The SMILES string of the molecule is CCN(CC(=O)N[C@H]1CCS(=O)(=O)C1)C(=O)Cc1ccccc1F. The van der Waals surface area contributed by atoms with Crippen molar-refractivity contribution in [2.24, 2.45) is 0 Å². The van der Waals surface area contributed by atoms with E-state index >= 15 is 0 Å². The Balaban J connectivity index is 1.90. The number of carbonyl (C=O) groups is 2. The van der Waals surface area contributed by atoms with Crippen LogP contribution in [0.3, 0.4) is 0 Å². The zero-order valence-electron chi connectivity index (χ0n) is 13.5. The zero-order valence-corrected chi connectivity index (χ0v) is 14.3. The molecule has 0 aromatic heterocycles. The Bertz CT molecular complexity index is 721. The lowest BCUT2D eigenvalue weighted by Gasteiger charge is -2.21. The fraction of sp³-hybridized carbons (Fsp3) is 0.500. The van der Waals surface area contributed by atoms with Crippen LogP contribution in [0, 0.1) is 5.82 Å². The highest BCUT2D eigenvalue weighted by atomic mass is 32.2. The highest BCUT2D eigenvalue weighted by Crippen LogP contribution is 2.12. The molecule has 1 N–H and O–H groups in total. The van der Waals surface area contributed by atoms with Gasteiger partial charge >= 0.3 is 0 Å². The summed E-state index contributed by atoms with van der Waals surface area (Å²) in [6, 6.07) is 5.61. The van der Waals surface area contributed by atoms with Gasteiger partial charge in [-0.15, -0.1) is 0 Å². The van der Waals surface area contributed by atoms with Gasteiger partial charge in [-0.3, -0.25) is 9.59 Å². The van der Waals surface area contributed by atoms with Crippen LogP contribution >= 0.6 is 0 Å². The van der Waals surface area contributed by atoms with E-state index in [1.807, 2.05) is 0 Å². The van der Waals surface area contributed by atoms with Crippen molar-refractivity contribution in [1.29, 1.82) is 0 Å². The first-order chi connectivity index (χ1) is 11.3. The molecule has 132 valence electrons. The van der Waals surface area contributed by atoms with Gasteiger partial charge in [0.25, 0.3) is 0 Å². The minimum Gasteiger partial charge on any atom is -0.351 e. The van der Waals surface area contributed by atoms with Crippen LogP contribution in [0.15, 0.2) is 24.3 Å². The molecule has 6 nitrogen and oxygen atoms in total. The van der Waals surface area contributed by atoms with E-state index < -0.39 is 27.6 Å². The number of halogens is 1. The van der Waals surface area contributed by atoms with Crippen molar-refractivity contribution < 1.29 is 22.4 Å². The molecular formula is C16H21FN2O4S. The van der Waals surface area contributed by atoms with Crippen LogP contribution in [-0.2, 0) is 25.8 Å². The standard InChI is InChI=1S/C16H21FN2O4S/c1-2-19(16(21)9-12-5-3-4-6-14(12)17)10-15(20)18-13-7-8-24(22,23)11-13/h3-6,13H,2,7-11H2,1H3,(H,18,20)/t13-/m0/s1. The summed E-state index contributed by atoms with van der Waals surface area (Å²) in [7, 11) is -3.07. The molecule has 0 saturated carbocycles. The topological polar surface area (TPSA) is 83.6 Å². The van der Waals surface area contributed by atoms with Crippen molar-refractivity contribution in [2.75, 3.05) is 24.6 Å². The first kappa shape index (κ1) is 18.4.